The van der Waals surface area contributed by atoms with Crippen LogP contribution in [0.15, 0.2) is 42.5 Å². The van der Waals surface area contributed by atoms with Crippen molar-refractivity contribution in [1.82, 2.24) is 0 Å². The molecule has 0 bridgehead atoms. The number of methoxy groups -OCH3 is 2. The van der Waals surface area contributed by atoms with Gasteiger partial charge in [0.05, 0.1) is 20.3 Å². The molecule has 4 heteroatoms. The van der Waals surface area contributed by atoms with Crippen LogP contribution in [-0.4, -0.2) is 25.4 Å². The van der Waals surface area contributed by atoms with Crippen molar-refractivity contribution in [2.75, 3.05) is 14.2 Å². The van der Waals surface area contributed by atoms with Crippen molar-refractivity contribution >= 4 is 11.6 Å². The SMILES string of the molecule is COc1ccccc1CC(O)Cc1cc(Cl)ccc1OC. The third kappa shape index (κ3) is 4.13. The smallest absolute Gasteiger partial charge is 0.122 e. The molecule has 0 aliphatic heterocycles. The lowest BCUT2D eigenvalue weighted by Crippen LogP contribution is -2.15. The number of hydrogen-bond donors (Lipinski definition) is 1. The van der Waals surface area contributed by atoms with Gasteiger partial charge in [0.15, 0.2) is 0 Å². The van der Waals surface area contributed by atoms with Gasteiger partial charge in [-0.25, -0.2) is 0 Å². The summed E-state index contributed by atoms with van der Waals surface area (Å²) in [5.74, 6) is 1.52. The summed E-state index contributed by atoms with van der Waals surface area (Å²) >= 11 is 6.01. The highest BCUT2D eigenvalue weighted by Gasteiger charge is 2.13. The summed E-state index contributed by atoms with van der Waals surface area (Å²) in [4.78, 5) is 0. The summed E-state index contributed by atoms with van der Waals surface area (Å²) in [7, 11) is 3.24. The summed E-state index contributed by atoms with van der Waals surface area (Å²) in [6.07, 6.45) is 0.454. The second-order valence-corrected chi connectivity index (χ2v) is 5.27. The molecule has 0 amide bonds. The van der Waals surface area contributed by atoms with E-state index in [0.29, 0.717) is 17.9 Å². The van der Waals surface area contributed by atoms with Crippen LogP contribution in [-0.2, 0) is 12.8 Å². The van der Waals surface area contributed by atoms with Crippen LogP contribution in [0, 0.1) is 0 Å². The Morgan fingerprint density at radius 3 is 2.29 bits per heavy atom. The first-order valence-corrected chi connectivity index (χ1v) is 7.14. The average Bonchev–Trinajstić information content (AvgIpc) is 2.48. The average molecular weight is 307 g/mol. The normalized spacial score (nSPS) is 12.0. The molecule has 2 aromatic carbocycles. The van der Waals surface area contributed by atoms with E-state index in [4.69, 9.17) is 21.1 Å². The van der Waals surface area contributed by atoms with Crippen LogP contribution >= 0.6 is 11.6 Å². The maximum absolute atomic E-state index is 10.3. The van der Waals surface area contributed by atoms with Gasteiger partial charge >= 0.3 is 0 Å². The summed E-state index contributed by atoms with van der Waals surface area (Å²) in [5.41, 5.74) is 1.88. The fraction of sp³-hybridized carbons (Fsp3) is 0.294. The molecule has 3 nitrogen and oxygen atoms in total. The van der Waals surface area contributed by atoms with Crippen LogP contribution in [0.1, 0.15) is 11.1 Å². The van der Waals surface area contributed by atoms with Gasteiger partial charge in [0.2, 0.25) is 0 Å². The van der Waals surface area contributed by atoms with Gasteiger partial charge in [0.25, 0.3) is 0 Å². The Morgan fingerprint density at radius 1 is 0.952 bits per heavy atom. The second kappa shape index (κ2) is 7.34. The van der Waals surface area contributed by atoms with Crippen LogP contribution in [0.2, 0.25) is 5.02 Å². The molecule has 21 heavy (non-hydrogen) atoms. The zero-order valence-corrected chi connectivity index (χ0v) is 12.9. The van der Waals surface area contributed by atoms with Crippen LogP contribution in [0.3, 0.4) is 0 Å². The first-order chi connectivity index (χ1) is 10.1. The van der Waals surface area contributed by atoms with Gasteiger partial charge in [0.1, 0.15) is 11.5 Å². The number of hydrogen-bond acceptors (Lipinski definition) is 3. The number of ether oxygens (including phenoxy) is 2. The van der Waals surface area contributed by atoms with E-state index in [1.54, 1.807) is 20.3 Å². The molecule has 0 heterocycles. The summed E-state index contributed by atoms with van der Waals surface area (Å²) in [6, 6.07) is 13.1. The Labute approximate surface area is 130 Å². The van der Waals surface area contributed by atoms with E-state index < -0.39 is 6.10 Å². The molecule has 0 saturated heterocycles. The van der Waals surface area contributed by atoms with Crippen molar-refractivity contribution in [2.45, 2.75) is 18.9 Å². The van der Waals surface area contributed by atoms with E-state index in [1.807, 2.05) is 36.4 Å². The molecule has 0 spiro atoms. The van der Waals surface area contributed by atoms with Crippen molar-refractivity contribution in [2.24, 2.45) is 0 Å². The van der Waals surface area contributed by atoms with Crippen molar-refractivity contribution in [1.29, 1.82) is 0 Å². The third-order valence-corrected chi connectivity index (χ3v) is 3.58. The number of rotatable bonds is 6. The Bertz CT molecular complexity index is 598. The van der Waals surface area contributed by atoms with Gasteiger partial charge < -0.3 is 14.6 Å². The highest BCUT2D eigenvalue weighted by atomic mass is 35.5. The molecule has 112 valence electrons. The molecule has 0 aromatic heterocycles. The molecule has 0 aliphatic rings. The van der Waals surface area contributed by atoms with Gasteiger partial charge in [0, 0.05) is 17.9 Å². The van der Waals surface area contributed by atoms with Gasteiger partial charge in [-0.3, -0.25) is 0 Å². The van der Waals surface area contributed by atoms with Gasteiger partial charge in [-0.2, -0.15) is 0 Å². The molecule has 1 atom stereocenters. The van der Waals surface area contributed by atoms with Gasteiger partial charge in [-0.05, 0) is 35.4 Å². The molecular formula is C17H19ClO3. The zero-order valence-electron chi connectivity index (χ0n) is 12.2. The molecule has 2 aromatic rings. The minimum Gasteiger partial charge on any atom is -0.496 e. The highest BCUT2D eigenvalue weighted by molar-refractivity contribution is 6.30. The Hall–Kier alpha value is -1.71. The van der Waals surface area contributed by atoms with Gasteiger partial charge in [-0.1, -0.05) is 29.8 Å². The molecule has 0 aliphatic carbocycles. The quantitative estimate of drug-likeness (QED) is 0.887. The number of aliphatic hydroxyl groups is 1. The second-order valence-electron chi connectivity index (χ2n) is 4.83. The van der Waals surface area contributed by atoms with E-state index >= 15 is 0 Å². The molecule has 0 fully saturated rings. The molecule has 1 N–H and O–H groups in total. The Morgan fingerprint density at radius 2 is 1.57 bits per heavy atom. The van der Waals surface area contributed by atoms with E-state index in [1.165, 1.54) is 0 Å². The van der Waals surface area contributed by atoms with E-state index in [2.05, 4.69) is 0 Å². The van der Waals surface area contributed by atoms with E-state index in [-0.39, 0.29) is 0 Å². The largest absolute Gasteiger partial charge is 0.496 e. The van der Waals surface area contributed by atoms with Crippen molar-refractivity contribution in [3.63, 3.8) is 0 Å². The van der Waals surface area contributed by atoms with Gasteiger partial charge in [-0.15, -0.1) is 0 Å². The van der Waals surface area contributed by atoms with Crippen molar-refractivity contribution in [3.05, 3.63) is 58.6 Å². The van der Waals surface area contributed by atoms with Crippen molar-refractivity contribution < 1.29 is 14.6 Å². The topological polar surface area (TPSA) is 38.7 Å². The maximum Gasteiger partial charge on any atom is 0.122 e. The number of benzene rings is 2. The molecular weight excluding hydrogens is 288 g/mol. The lowest BCUT2D eigenvalue weighted by molar-refractivity contribution is 0.173. The Balaban J connectivity index is 2.11. The summed E-state index contributed by atoms with van der Waals surface area (Å²) < 4.78 is 10.6. The lowest BCUT2D eigenvalue weighted by Gasteiger charge is -2.15. The predicted octanol–water partition coefficient (Wildman–Crippen LogP) is 3.50. The third-order valence-electron chi connectivity index (χ3n) is 3.35. The van der Waals surface area contributed by atoms with Crippen LogP contribution < -0.4 is 9.47 Å². The zero-order chi connectivity index (χ0) is 15.2. The molecule has 2 rings (SSSR count). The summed E-state index contributed by atoms with van der Waals surface area (Å²) in [5, 5.41) is 11.0. The molecule has 1 unspecified atom stereocenters. The molecule has 0 saturated carbocycles. The lowest BCUT2D eigenvalue weighted by atomic mass is 10.00. The van der Waals surface area contributed by atoms with Crippen molar-refractivity contribution in [3.8, 4) is 11.5 Å². The summed E-state index contributed by atoms with van der Waals surface area (Å²) in [6.45, 7) is 0. The molecule has 0 radical (unpaired) electrons. The van der Waals surface area contributed by atoms with E-state index in [9.17, 15) is 5.11 Å². The van der Waals surface area contributed by atoms with Crippen LogP contribution in [0.4, 0.5) is 0 Å². The standard InChI is InChI=1S/C17H19ClO3/c1-20-16-6-4-3-5-12(16)10-15(19)11-13-9-14(18)7-8-17(13)21-2/h3-9,15,19H,10-11H2,1-2H3. The fourth-order valence-corrected chi connectivity index (χ4v) is 2.55. The Kier molecular flexibility index (Phi) is 5.48. The minimum atomic E-state index is -0.534. The van der Waals surface area contributed by atoms with E-state index in [0.717, 1.165) is 22.6 Å². The minimum absolute atomic E-state index is 0.474. The highest BCUT2D eigenvalue weighted by Crippen LogP contribution is 2.26. The number of para-hydroxylation sites is 1. The maximum atomic E-state index is 10.3. The fourth-order valence-electron chi connectivity index (χ4n) is 2.36. The number of halogens is 1. The first-order valence-electron chi connectivity index (χ1n) is 6.76. The first kappa shape index (κ1) is 15.7. The van der Waals surface area contributed by atoms with Crippen LogP contribution in [0.25, 0.3) is 0 Å². The van der Waals surface area contributed by atoms with Crippen LogP contribution in [0.5, 0.6) is 11.5 Å². The number of aliphatic hydroxyl groups excluding tert-OH is 1. The monoisotopic (exact) mass is 306 g/mol. The predicted molar refractivity (Wildman–Crippen MR) is 84.4 cm³/mol.